The molecule has 1 aliphatic rings. The lowest BCUT2D eigenvalue weighted by Crippen LogP contribution is -2.46. The zero-order valence-electron chi connectivity index (χ0n) is 16.7. The average Bonchev–Trinajstić information content (AvgIpc) is 3.00. The molecule has 27 heavy (non-hydrogen) atoms. The van der Waals surface area contributed by atoms with Gasteiger partial charge in [-0.15, -0.1) is 0 Å². The van der Waals surface area contributed by atoms with E-state index < -0.39 is 5.72 Å². The molecule has 0 saturated carbocycles. The minimum Gasteiger partial charge on any atom is -0.353 e. The first-order valence-electron chi connectivity index (χ1n) is 10.7. The third-order valence-electron chi connectivity index (χ3n) is 5.60. The molecule has 2 heterocycles. The Morgan fingerprint density at radius 1 is 0.963 bits per heavy atom. The van der Waals surface area contributed by atoms with E-state index in [1.807, 2.05) is 48.8 Å². The predicted octanol–water partition coefficient (Wildman–Crippen LogP) is 4.57. The fourth-order valence-corrected chi connectivity index (χ4v) is 4.05. The van der Waals surface area contributed by atoms with Crippen LogP contribution < -0.4 is 9.47 Å². The van der Waals surface area contributed by atoms with Gasteiger partial charge in [0.05, 0.1) is 12.7 Å². The summed E-state index contributed by atoms with van der Waals surface area (Å²) in [5.41, 5.74) is -0.0746. The molecule has 0 amide bonds. The van der Waals surface area contributed by atoms with Crippen LogP contribution in [0.4, 0.5) is 5.95 Å². The lowest BCUT2D eigenvalue weighted by atomic mass is 10.0. The topological polar surface area (TPSA) is 40.2 Å². The Balaban J connectivity index is 1.55. The second kappa shape index (κ2) is 9.84. The van der Waals surface area contributed by atoms with E-state index in [1.54, 1.807) is 0 Å². The smallest absolute Gasteiger partial charge is 0.353 e. The van der Waals surface area contributed by atoms with Crippen LogP contribution in [0.25, 0.3) is 0 Å². The monoisotopic (exact) mass is 368 g/mol. The van der Waals surface area contributed by atoms with E-state index in [0.717, 1.165) is 24.5 Å². The van der Waals surface area contributed by atoms with Crippen molar-refractivity contribution in [1.82, 2.24) is 4.98 Å². The van der Waals surface area contributed by atoms with Crippen LogP contribution in [0.5, 0.6) is 0 Å². The molecule has 0 radical (unpaired) electrons. The lowest BCUT2D eigenvalue weighted by molar-refractivity contribution is -0.685. The Morgan fingerprint density at radius 2 is 1.63 bits per heavy atom. The molecule has 1 atom stereocenters. The van der Waals surface area contributed by atoms with Crippen LogP contribution in [0.15, 0.2) is 48.8 Å². The maximum absolute atomic E-state index is 11.5. The molecule has 1 aliphatic heterocycles. The number of nitrogens with zero attached hydrogens (tertiary/aromatic N) is 3. The molecule has 0 fully saturated rings. The van der Waals surface area contributed by atoms with Crippen LogP contribution in [0.3, 0.4) is 0 Å². The van der Waals surface area contributed by atoms with Gasteiger partial charge < -0.3 is 5.11 Å². The van der Waals surface area contributed by atoms with Crippen LogP contribution in [-0.2, 0) is 12.3 Å². The van der Waals surface area contributed by atoms with Gasteiger partial charge in [0.2, 0.25) is 5.72 Å². The maximum Gasteiger partial charge on any atom is 0.396 e. The average molecular weight is 369 g/mol. The molecule has 0 unspecified atom stereocenters. The zero-order valence-corrected chi connectivity index (χ0v) is 16.7. The van der Waals surface area contributed by atoms with Crippen molar-refractivity contribution in [1.29, 1.82) is 0 Å². The van der Waals surface area contributed by atoms with Gasteiger partial charge in [-0.05, 0) is 6.42 Å². The van der Waals surface area contributed by atoms with Crippen molar-refractivity contribution in [2.24, 2.45) is 0 Å². The molecule has 0 aliphatic carbocycles. The van der Waals surface area contributed by atoms with Crippen LogP contribution in [-0.4, -0.2) is 16.6 Å². The molecule has 146 valence electrons. The van der Waals surface area contributed by atoms with Crippen LogP contribution >= 0.6 is 0 Å². The third-order valence-corrected chi connectivity index (χ3v) is 5.60. The van der Waals surface area contributed by atoms with Crippen molar-refractivity contribution in [3.8, 4) is 0 Å². The molecule has 0 saturated heterocycles. The van der Waals surface area contributed by atoms with Gasteiger partial charge in [-0.25, -0.2) is 9.47 Å². The molecule has 1 aromatic heterocycles. The highest BCUT2D eigenvalue weighted by atomic mass is 16.3. The van der Waals surface area contributed by atoms with Crippen LogP contribution in [0.1, 0.15) is 70.3 Å². The van der Waals surface area contributed by atoms with Gasteiger partial charge in [-0.2, -0.15) is 0 Å². The molecule has 4 nitrogen and oxygen atoms in total. The fraction of sp³-hybridized carbons (Fsp3) is 0.565. The van der Waals surface area contributed by atoms with E-state index in [4.69, 9.17) is 0 Å². The van der Waals surface area contributed by atoms with Crippen molar-refractivity contribution >= 4 is 5.95 Å². The zero-order chi connectivity index (χ0) is 19.0. The third kappa shape index (κ3) is 4.86. The molecule has 0 bridgehead atoms. The lowest BCUT2D eigenvalue weighted by Gasteiger charge is -2.28. The van der Waals surface area contributed by atoms with Crippen LogP contribution in [0, 0.1) is 0 Å². The Morgan fingerprint density at radius 3 is 2.33 bits per heavy atom. The van der Waals surface area contributed by atoms with Crippen molar-refractivity contribution in [2.45, 2.75) is 77.0 Å². The first kappa shape index (κ1) is 19.8. The number of hydrogen-bond acceptors (Lipinski definition) is 3. The normalized spacial score (nSPS) is 18.7. The Bertz CT molecular complexity index is 691. The molecule has 2 aromatic rings. The first-order valence-corrected chi connectivity index (χ1v) is 10.7. The highest BCUT2D eigenvalue weighted by Gasteiger charge is 2.50. The van der Waals surface area contributed by atoms with E-state index in [9.17, 15) is 5.11 Å². The van der Waals surface area contributed by atoms with Gasteiger partial charge in [0, 0.05) is 11.6 Å². The highest BCUT2D eigenvalue weighted by Crippen LogP contribution is 2.33. The van der Waals surface area contributed by atoms with Gasteiger partial charge in [-0.1, -0.05) is 93.6 Å². The maximum atomic E-state index is 11.5. The summed E-state index contributed by atoms with van der Waals surface area (Å²) >= 11 is 0. The molecule has 0 spiro atoms. The van der Waals surface area contributed by atoms with Gasteiger partial charge in [0.15, 0.2) is 0 Å². The highest BCUT2D eigenvalue weighted by molar-refractivity contribution is 5.37. The number of aromatic nitrogens is 2. The molecule has 1 N–H and O–H groups in total. The van der Waals surface area contributed by atoms with Gasteiger partial charge >= 0.3 is 5.95 Å². The number of aliphatic hydroxyl groups is 1. The second-order valence-corrected chi connectivity index (χ2v) is 7.71. The molecule has 1 aromatic carbocycles. The molecular formula is C23H34N3O+. The Hall–Kier alpha value is -1.94. The van der Waals surface area contributed by atoms with Crippen LogP contribution in [0.2, 0.25) is 0 Å². The molecular weight excluding hydrogens is 334 g/mol. The number of fused-ring (bicyclic) bond motifs is 1. The van der Waals surface area contributed by atoms with Crippen molar-refractivity contribution in [3.63, 3.8) is 0 Å². The van der Waals surface area contributed by atoms with E-state index in [-0.39, 0.29) is 0 Å². The van der Waals surface area contributed by atoms with E-state index in [1.165, 1.54) is 51.4 Å². The number of rotatable bonds is 11. The summed E-state index contributed by atoms with van der Waals surface area (Å²) in [5, 5.41) is 11.5. The summed E-state index contributed by atoms with van der Waals surface area (Å²) in [6.45, 7) is 3.62. The molecule has 4 heteroatoms. The molecule has 3 rings (SSSR count). The van der Waals surface area contributed by atoms with E-state index >= 15 is 0 Å². The number of benzene rings is 1. The summed E-state index contributed by atoms with van der Waals surface area (Å²) < 4.78 is 2.06. The summed E-state index contributed by atoms with van der Waals surface area (Å²) in [6, 6.07) is 11.9. The standard InChI is InChI=1S/C23H34N3O/c1-2-3-4-5-6-7-8-9-13-19-26-22-24-17-14-18-25(22)20-23(26,27)21-15-11-10-12-16-21/h10-12,14-18,27H,2-9,13,19-20H2,1H3/q+1/t23-/m1/s1. The van der Waals surface area contributed by atoms with Crippen molar-refractivity contribution in [3.05, 3.63) is 54.4 Å². The Labute approximate surface area is 163 Å². The van der Waals surface area contributed by atoms with Gasteiger partial charge in [0.25, 0.3) is 0 Å². The van der Waals surface area contributed by atoms with Crippen molar-refractivity contribution in [2.75, 3.05) is 11.4 Å². The summed E-state index contributed by atoms with van der Waals surface area (Å²) in [7, 11) is 0. The number of unbranched alkanes of at least 4 members (excludes halogenated alkanes) is 8. The summed E-state index contributed by atoms with van der Waals surface area (Å²) in [4.78, 5) is 6.63. The minimum atomic E-state index is -1.01. The largest absolute Gasteiger partial charge is 0.396 e. The SMILES string of the molecule is CCCCCCCCCCCN1c2nccc[n+]2C[C@@]1(O)c1ccccc1. The van der Waals surface area contributed by atoms with Gasteiger partial charge in [0.1, 0.15) is 12.7 Å². The summed E-state index contributed by atoms with van der Waals surface area (Å²) in [5.74, 6) is 0.864. The van der Waals surface area contributed by atoms with E-state index in [0.29, 0.717) is 6.54 Å². The quantitative estimate of drug-likeness (QED) is 0.467. The minimum absolute atomic E-state index is 0.525. The Kier molecular flexibility index (Phi) is 7.22. The summed E-state index contributed by atoms with van der Waals surface area (Å²) in [6.07, 6.45) is 15.5. The predicted molar refractivity (Wildman–Crippen MR) is 109 cm³/mol. The van der Waals surface area contributed by atoms with Crippen molar-refractivity contribution < 1.29 is 9.67 Å². The van der Waals surface area contributed by atoms with E-state index in [2.05, 4.69) is 21.4 Å². The number of hydrogen-bond donors (Lipinski definition) is 1. The second-order valence-electron chi connectivity index (χ2n) is 7.71. The van der Waals surface area contributed by atoms with Gasteiger partial charge in [-0.3, -0.25) is 0 Å². The first-order chi connectivity index (χ1) is 13.3. The fourth-order valence-electron chi connectivity index (χ4n) is 4.05. The number of anilines is 1.